The normalized spacial score (nSPS) is 19.8. The highest BCUT2D eigenvalue weighted by Gasteiger charge is 2.32. The fourth-order valence-corrected chi connectivity index (χ4v) is 5.15. The first kappa shape index (κ1) is 23.6. The smallest absolute Gasteiger partial charge is 0.410 e. The van der Waals surface area contributed by atoms with E-state index in [0.717, 1.165) is 5.56 Å². The molecule has 1 N–H and O–H groups in total. The Bertz CT molecular complexity index is 1030. The standard InChI is InChI=1S/C23H28ClNO5S/c1-23(2,3)30-22(27)25-12-11-17(21(26)15-25)13-16-7-9-19(10-8-16)31(28,29)20-6-4-5-18(24)14-20/h4-10,14,17,21,26H,11-13,15H2,1-3H3. The van der Waals surface area contributed by atoms with Crippen molar-refractivity contribution in [3.63, 3.8) is 0 Å². The molecule has 0 radical (unpaired) electrons. The molecule has 2 aromatic rings. The van der Waals surface area contributed by atoms with Gasteiger partial charge in [-0.25, -0.2) is 13.2 Å². The average Bonchev–Trinajstić information content (AvgIpc) is 2.68. The van der Waals surface area contributed by atoms with Crippen LogP contribution >= 0.6 is 11.6 Å². The quantitative estimate of drug-likeness (QED) is 0.726. The van der Waals surface area contributed by atoms with E-state index in [2.05, 4.69) is 0 Å². The van der Waals surface area contributed by atoms with Gasteiger partial charge in [0, 0.05) is 11.6 Å². The zero-order valence-electron chi connectivity index (χ0n) is 17.9. The van der Waals surface area contributed by atoms with Gasteiger partial charge in [0.15, 0.2) is 0 Å². The summed E-state index contributed by atoms with van der Waals surface area (Å²) in [5.41, 5.74) is 0.353. The van der Waals surface area contributed by atoms with Crippen molar-refractivity contribution in [3.05, 3.63) is 59.1 Å². The number of hydrogen-bond donors (Lipinski definition) is 1. The molecular weight excluding hydrogens is 438 g/mol. The zero-order valence-corrected chi connectivity index (χ0v) is 19.5. The Labute approximate surface area is 188 Å². The van der Waals surface area contributed by atoms with Crippen LogP contribution < -0.4 is 0 Å². The summed E-state index contributed by atoms with van der Waals surface area (Å²) in [6.07, 6.45) is 0.153. The van der Waals surface area contributed by atoms with E-state index in [-0.39, 0.29) is 22.3 Å². The van der Waals surface area contributed by atoms with Gasteiger partial charge in [-0.3, -0.25) is 0 Å². The van der Waals surface area contributed by atoms with Crippen molar-refractivity contribution in [2.45, 2.75) is 55.1 Å². The largest absolute Gasteiger partial charge is 0.444 e. The summed E-state index contributed by atoms with van der Waals surface area (Å²) in [5, 5.41) is 10.9. The molecule has 1 heterocycles. The second-order valence-corrected chi connectivity index (χ2v) is 11.2. The average molecular weight is 466 g/mol. The van der Waals surface area contributed by atoms with Gasteiger partial charge in [-0.1, -0.05) is 29.8 Å². The first-order valence-corrected chi connectivity index (χ1v) is 12.1. The first-order valence-electron chi connectivity index (χ1n) is 10.2. The van der Waals surface area contributed by atoms with Crippen LogP contribution in [0.1, 0.15) is 32.8 Å². The number of carbonyl (C=O) groups excluding carboxylic acids is 1. The number of ether oxygens (including phenoxy) is 1. The molecule has 0 spiro atoms. The molecule has 1 amide bonds. The molecule has 1 aliphatic heterocycles. The third kappa shape index (κ3) is 5.99. The number of amides is 1. The summed E-state index contributed by atoms with van der Waals surface area (Å²) in [6, 6.07) is 12.9. The van der Waals surface area contributed by atoms with Crippen molar-refractivity contribution >= 4 is 27.5 Å². The Balaban J connectivity index is 1.64. The molecular formula is C23H28ClNO5S. The van der Waals surface area contributed by atoms with Gasteiger partial charge >= 0.3 is 6.09 Å². The second-order valence-electron chi connectivity index (χ2n) is 8.85. The number of piperidine rings is 1. The van der Waals surface area contributed by atoms with Gasteiger partial charge in [-0.2, -0.15) is 0 Å². The van der Waals surface area contributed by atoms with E-state index in [9.17, 15) is 18.3 Å². The molecule has 3 rings (SSSR count). The summed E-state index contributed by atoms with van der Waals surface area (Å²) < 4.78 is 31.0. The molecule has 0 bridgehead atoms. The fourth-order valence-electron chi connectivity index (χ4n) is 3.59. The maximum absolute atomic E-state index is 12.8. The van der Waals surface area contributed by atoms with Gasteiger partial charge in [0.2, 0.25) is 9.84 Å². The molecule has 1 aliphatic rings. The SMILES string of the molecule is CC(C)(C)OC(=O)N1CCC(Cc2ccc(S(=O)(=O)c3cccc(Cl)c3)cc2)C(O)C1. The molecule has 1 saturated heterocycles. The number of aliphatic hydroxyl groups is 1. The predicted octanol–water partition coefficient (Wildman–Crippen LogP) is 4.33. The molecule has 2 atom stereocenters. The Morgan fingerprint density at radius 3 is 2.42 bits per heavy atom. The number of hydrogen-bond acceptors (Lipinski definition) is 5. The third-order valence-electron chi connectivity index (χ3n) is 5.21. The van der Waals surface area contributed by atoms with E-state index < -0.39 is 27.6 Å². The molecule has 0 aliphatic carbocycles. The van der Waals surface area contributed by atoms with E-state index in [0.29, 0.717) is 24.4 Å². The maximum atomic E-state index is 12.8. The van der Waals surface area contributed by atoms with Crippen molar-refractivity contribution in [1.82, 2.24) is 4.90 Å². The van der Waals surface area contributed by atoms with Crippen LogP contribution in [0.2, 0.25) is 5.02 Å². The second kappa shape index (κ2) is 9.18. The van der Waals surface area contributed by atoms with Crippen LogP contribution in [-0.4, -0.2) is 49.3 Å². The van der Waals surface area contributed by atoms with Gasteiger partial charge in [0.25, 0.3) is 0 Å². The van der Waals surface area contributed by atoms with Crippen LogP contribution in [0.5, 0.6) is 0 Å². The van der Waals surface area contributed by atoms with Crippen molar-refractivity contribution in [2.24, 2.45) is 5.92 Å². The number of β-amino-alcohol motifs (C(OH)–C–C–N with tert-alkyl or cyclic N) is 1. The summed E-state index contributed by atoms with van der Waals surface area (Å²) >= 11 is 5.93. The van der Waals surface area contributed by atoms with Crippen molar-refractivity contribution in [2.75, 3.05) is 13.1 Å². The minimum atomic E-state index is -3.65. The summed E-state index contributed by atoms with van der Waals surface area (Å²) in [5.74, 6) is -0.0194. The number of rotatable bonds is 4. The highest BCUT2D eigenvalue weighted by atomic mass is 35.5. The van der Waals surface area contributed by atoms with Crippen LogP contribution in [0, 0.1) is 5.92 Å². The highest BCUT2D eigenvalue weighted by Crippen LogP contribution is 2.27. The number of likely N-dealkylation sites (tertiary alicyclic amines) is 1. The molecule has 0 aromatic heterocycles. The Morgan fingerprint density at radius 1 is 1.16 bits per heavy atom. The Hall–Kier alpha value is -2.09. The van der Waals surface area contributed by atoms with Crippen LogP contribution in [-0.2, 0) is 21.0 Å². The number of aliphatic hydroxyl groups excluding tert-OH is 1. The molecule has 6 nitrogen and oxygen atoms in total. The van der Waals surface area contributed by atoms with Crippen molar-refractivity contribution < 1.29 is 23.1 Å². The van der Waals surface area contributed by atoms with E-state index in [1.54, 1.807) is 36.4 Å². The Kier molecular flexibility index (Phi) is 6.98. The van der Waals surface area contributed by atoms with Gasteiger partial charge in [-0.05, 0) is 75.4 Å². The third-order valence-corrected chi connectivity index (χ3v) is 7.21. The first-order chi connectivity index (χ1) is 14.5. The monoisotopic (exact) mass is 465 g/mol. The van der Waals surface area contributed by atoms with Crippen LogP contribution in [0.3, 0.4) is 0 Å². The summed E-state index contributed by atoms with van der Waals surface area (Å²) in [6.45, 7) is 6.16. The van der Waals surface area contributed by atoms with Gasteiger partial charge < -0.3 is 14.7 Å². The van der Waals surface area contributed by atoms with E-state index in [4.69, 9.17) is 16.3 Å². The number of carbonyl (C=O) groups is 1. The molecule has 8 heteroatoms. The van der Waals surface area contributed by atoms with Crippen LogP contribution in [0.25, 0.3) is 0 Å². The lowest BCUT2D eigenvalue weighted by atomic mass is 9.88. The van der Waals surface area contributed by atoms with Crippen LogP contribution in [0.15, 0.2) is 58.3 Å². The van der Waals surface area contributed by atoms with Gasteiger partial charge in [0.05, 0.1) is 22.4 Å². The number of benzene rings is 2. The number of halogens is 1. The fraction of sp³-hybridized carbons (Fsp3) is 0.435. The lowest BCUT2D eigenvalue weighted by Gasteiger charge is -2.36. The van der Waals surface area contributed by atoms with Crippen molar-refractivity contribution in [1.29, 1.82) is 0 Å². The summed E-state index contributed by atoms with van der Waals surface area (Å²) in [7, 11) is -3.65. The highest BCUT2D eigenvalue weighted by molar-refractivity contribution is 7.91. The number of sulfone groups is 1. The van der Waals surface area contributed by atoms with E-state index in [1.807, 2.05) is 20.8 Å². The lowest BCUT2D eigenvalue weighted by molar-refractivity contribution is -0.0125. The molecule has 168 valence electrons. The lowest BCUT2D eigenvalue weighted by Crippen LogP contribution is -2.48. The molecule has 31 heavy (non-hydrogen) atoms. The molecule has 0 saturated carbocycles. The zero-order chi connectivity index (χ0) is 22.8. The van der Waals surface area contributed by atoms with Gasteiger partial charge in [0.1, 0.15) is 5.60 Å². The number of nitrogens with zero attached hydrogens (tertiary/aromatic N) is 1. The molecule has 2 aromatic carbocycles. The molecule has 2 unspecified atom stereocenters. The van der Waals surface area contributed by atoms with E-state index in [1.165, 1.54) is 17.0 Å². The van der Waals surface area contributed by atoms with Gasteiger partial charge in [-0.15, -0.1) is 0 Å². The Morgan fingerprint density at radius 2 is 1.84 bits per heavy atom. The minimum absolute atomic E-state index is 0.0194. The molecule has 1 fully saturated rings. The maximum Gasteiger partial charge on any atom is 0.410 e. The van der Waals surface area contributed by atoms with Crippen molar-refractivity contribution in [3.8, 4) is 0 Å². The van der Waals surface area contributed by atoms with Crippen LogP contribution in [0.4, 0.5) is 4.79 Å². The predicted molar refractivity (Wildman–Crippen MR) is 119 cm³/mol. The topological polar surface area (TPSA) is 83.9 Å². The minimum Gasteiger partial charge on any atom is -0.444 e. The van der Waals surface area contributed by atoms with E-state index >= 15 is 0 Å². The summed E-state index contributed by atoms with van der Waals surface area (Å²) in [4.78, 5) is 14.1.